The summed E-state index contributed by atoms with van der Waals surface area (Å²) < 4.78 is 6.01. The van der Waals surface area contributed by atoms with E-state index in [4.69, 9.17) is 0 Å². The topological polar surface area (TPSA) is 29.1 Å². The highest BCUT2D eigenvalue weighted by atomic mass is 127. The van der Waals surface area contributed by atoms with Gasteiger partial charge in [0.15, 0.2) is 0 Å². The van der Waals surface area contributed by atoms with E-state index in [9.17, 15) is 4.79 Å². The van der Waals surface area contributed by atoms with Gasteiger partial charge in [-0.15, -0.1) is 11.3 Å². The molecule has 0 N–H and O–H groups in total. The second-order valence-corrected chi connectivity index (χ2v) is 13.2. The van der Waals surface area contributed by atoms with Crippen LogP contribution in [-0.2, 0) is 13.1 Å². The molecule has 0 saturated heterocycles. The van der Waals surface area contributed by atoms with Crippen molar-refractivity contribution in [3.05, 3.63) is 120 Å². The van der Waals surface area contributed by atoms with Crippen molar-refractivity contribution in [2.75, 3.05) is 11.4 Å². The first-order chi connectivity index (χ1) is 20.5. The summed E-state index contributed by atoms with van der Waals surface area (Å²) in [4.78, 5) is 18.4. The molecule has 4 nitrogen and oxygen atoms in total. The van der Waals surface area contributed by atoms with Crippen LogP contribution in [0.4, 0.5) is 5.69 Å². The maximum absolute atomic E-state index is 13.6. The molecule has 0 spiro atoms. The molecule has 3 aromatic carbocycles. The molecule has 8 heteroatoms. The Balaban J connectivity index is 0.00000368. The number of rotatable bonds is 7. The van der Waals surface area contributed by atoms with E-state index >= 15 is 0 Å². The van der Waals surface area contributed by atoms with E-state index in [1.165, 1.54) is 37.8 Å². The average Bonchev–Trinajstić information content (AvgIpc) is 3.66. The van der Waals surface area contributed by atoms with Crippen LogP contribution in [0.2, 0.25) is 0 Å². The highest BCUT2D eigenvalue weighted by Gasteiger charge is 2.27. The van der Waals surface area contributed by atoms with Gasteiger partial charge in [0.05, 0.1) is 21.3 Å². The fourth-order valence-electron chi connectivity index (χ4n) is 5.40. The molecule has 0 amide bonds. The number of nitrogens with zero attached hydrogens (tertiary/aromatic N) is 3. The Morgan fingerprint density at radius 1 is 0.837 bits per heavy atom. The van der Waals surface area contributed by atoms with E-state index in [0.29, 0.717) is 6.54 Å². The summed E-state index contributed by atoms with van der Waals surface area (Å²) >= 11 is 5.12. The number of anilines is 1. The Bertz CT molecular complexity index is 1960. The maximum atomic E-state index is 13.6. The Morgan fingerprint density at radius 2 is 1.53 bits per heavy atom. The van der Waals surface area contributed by atoms with Crippen molar-refractivity contribution in [1.29, 1.82) is 0 Å². The van der Waals surface area contributed by atoms with Gasteiger partial charge in [-0.25, -0.2) is 0 Å². The summed E-state index contributed by atoms with van der Waals surface area (Å²) in [5, 5.41) is 2.29. The summed E-state index contributed by atoms with van der Waals surface area (Å²) in [6, 6.07) is 27.8. The van der Waals surface area contributed by atoms with Crippen molar-refractivity contribution in [3.63, 3.8) is 0 Å². The van der Waals surface area contributed by atoms with Gasteiger partial charge in [-0.05, 0) is 75.2 Å². The van der Waals surface area contributed by atoms with Crippen LogP contribution in [0.25, 0.3) is 33.9 Å². The highest BCUT2D eigenvalue weighted by Crippen LogP contribution is 2.46. The van der Waals surface area contributed by atoms with E-state index < -0.39 is 0 Å². The molecular formula is C35H34IN3OS3. The van der Waals surface area contributed by atoms with E-state index in [-0.39, 0.29) is 29.5 Å². The predicted octanol–water partition coefficient (Wildman–Crippen LogP) is 4.03. The van der Waals surface area contributed by atoms with Crippen molar-refractivity contribution >= 4 is 52.3 Å². The third kappa shape index (κ3) is 6.20. The van der Waals surface area contributed by atoms with Crippen molar-refractivity contribution in [2.45, 2.75) is 45.7 Å². The van der Waals surface area contributed by atoms with E-state index in [1.54, 1.807) is 34.4 Å². The van der Waals surface area contributed by atoms with Crippen molar-refractivity contribution in [2.24, 2.45) is 0 Å². The minimum absolute atomic E-state index is 0. The molecule has 1 aliphatic heterocycles. The van der Waals surface area contributed by atoms with E-state index in [2.05, 4.69) is 121 Å². The molecule has 0 bridgehead atoms. The Hall–Kier alpha value is -2.92. The molecule has 5 aromatic rings. The van der Waals surface area contributed by atoms with Crippen molar-refractivity contribution < 1.29 is 28.5 Å². The van der Waals surface area contributed by atoms with Gasteiger partial charge in [0.1, 0.15) is 16.1 Å². The molecule has 0 aliphatic carbocycles. The largest absolute Gasteiger partial charge is 1.00 e. The van der Waals surface area contributed by atoms with Gasteiger partial charge in [0.25, 0.3) is 10.6 Å². The van der Waals surface area contributed by atoms with Crippen LogP contribution in [0.1, 0.15) is 31.3 Å². The van der Waals surface area contributed by atoms with E-state index in [0.717, 1.165) is 32.3 Å². The molecule has 0 fully saturated rings. The number of thioether (sulfide) groups is 1. The maximum Gasteiger partial charge on any atom is 0.269 e. The lowest BCUT2D eigenvalue weighted by atomic mass is 10.1. The third-order valence-electron chi connectivity index (χ3n) is 7.44. The Labute approximate surface area is 282 Å². The van der Waals surface area contributed by atoms with E-state index in [1.807, 2.05) is 17.6 Å². The van der Waals surface area contributed by atoms with Crippen LogP contribution in [-0.4, -0.2) is 11.1 Å². The summed E-state index contributed by atoms with van der Waals surface area (Å²) in [6.07, 6.45) is 6.32. The molecule has 220 valence electrons. The zero-order valence-corrected chi connectivity index (χ0v) is 29.3. The van der Waals surface area contributed by atoms with Gasteiger partial charge in [-0.3, -0.25) is 9.36 Å². The van der Waals surface area contributed by atoms with Gasteiger partial charge in [0, 0.05) is 23.5 Å². The number of halogens is 1. The fourth-order valence-corrected chi connectivity index (χ4v) is 8.92. The van der Waals surface area contributed by atoms with Crippen molar-refractivity contribution in [1.82, 2.24) is 4.57 Å². The van der Waals surface area contributed by atoms with Gasteiger partial charge in [0.2, 0.25) is 5.69 Å². The standard InChI is InChI=1S/C35H34N3OS3.HI/c1-5-36-27-22-24(4)18-19-28(27)40-30(36)21-20-29-35(39)38(7-3)32(41-29)23-31-37(6-2)33(25-14-10-8-11-15-25)34(42-31)26-16-12-9-13-17-26;/h8-23H,5-7H2,1-4H3;1H/q+1;/p-1/b29-20+,30-21-;. The molecule has 0 unspecified atom stereocenters. The Kier molecular flexibility index (Phi) is 10.1. The normalized spacial score (nSPS) is 14.4. The molecule has 6 rings (SSSR count). The van der Waals surface area contributed by atoms with Crippen LogP contribution in [0.5, 0.6) is 0 Å². The third-order valence-corrected chi connectivity index (χ3v) is 10.8. The first kappa shape index (κ1) is 31.5. The first-order valence-electron chi connectivity index (χ1n) is 14.4. The monoisotopic (exact) mass is 735 g/mol. The zero-order chi connectivity index (χ0) is 29.2. The zero-order valence-electron chi connectivity index (χ0n) is 24.7. The molecule has 0 saturated carbocycles. The summed E-state index contributed by atoms with van der Waals surface area (Å²) in [5.74, 6) is 0. The number of benzene rings is 3. The summed E-state index contributed by atoms with van der Waals surface area (Å²) in [7, 11) is 0. The number of fused-ring (bicyclic) bond motifs is 1. The van der Waals surface area contributed by atoms with Gasteiger partial charge < -0.3 is 28.9 Å². The number of thiazole rings is 2. The lowest BCUT2D eigenvalue weighted by Crippen LogP contribution is -3.00. The molecular weight excluding hydrogens is 702 g/mol. The van der Waals surface area contributed by atoms with Crippen molar-refractivity contribution in [3.8, 4) is 21.7 Å². The SMILES string of the molecule is CCN1/C(=C/C=c2/s/c(=C/c3sc(-c4ccccc4)c(-c4ccccc4)[n+]3CC)n(CC)c2=O)Sc2ccc(C)cc21.[I-]. The average molecular weight is 736 g/mol. The smallest absolute Gasteiger partial charge is 0.269 e. The van der Waals surface area contributed by atoms with Gasteiger partial charge >= 0.3 is 0 Å². The second-order valence-electron chi connectivity index (χ2n) is 10.1. The second kappa shape index (κ2) is 13.8. The van der Waals surface area contributed by atoms with Gasteiger partial charge in [-0.2, -0.15) is 4.57 Å². The fraction of sp³-hybridized carbons (Fsp3) is 0.200. The van der Waals surface area contributed by atoms with Gasteiger partial charge in [-0.1, -0.05) is 77.7 Å². The molecule has 0 atom stereocenters. The minimum Gasteiger partial charge on any atom is -1.00 e. The Morgan fingerprint density at radius 3 is 2.19 bits per heavy atom. The lowest BCUT2D eigenvalue weighted by Gasteiger charge is -2.17. The lowest BCUT2D eigenvalue weighted by molar-refractivity contribution is -0.679. The first-order valence-corrected chi connectivity index (χ1v) is 16.8. The molecule has 1 aliphatic rings. The molecule has 2 aromatic heterocycles. The quantitative estimate of drug-likeness (QED) is 0.187. The predicted molar refractivity (Wildman–Crippen MR) is 181 cm³/mol. The number of hydrogen-bond donors (Lipinski definition) is 0. The number of aromatic nitrogens is 2. The van der Waals surface area contributed by atoms with Crippen LogP contribution >= 0.6 is 34.4 Å². The highest BCUT2D eigenvalue weighted by molar-refractivity contribution is 8.03. The molecule has 3 heterocycles. The molecule has 43 heavy (non-hydrogen) atoms. The van der Waals surface area contributed by atoms with Crippen LogP contribution in [0.3, 0.4) is 0 Å². The minimum atomic E-state index is 0. The summed E-state index contributed by atoms with van der Waals surface area (Å²) in [6.45, 7) is 10.9. The molecule has 0 radical (unpaired) electrons. The number of hydrogen-bond acceptors (Lipinski definition) is 5. The summed E-state index contributed by atoms with van der Waals surface area (Å²) in [5.41, 5.74) is 6.18. The number of allylic oxidation sites excluding steroid dienone is 1. The van der Waals surface area contributed by atoms with Crippen LogP contribution < -0.4 is 48.2 Å². The van der Waals surface area contributed by atoms with Crippen LogP contribution in [0, 0.1) is 6.92 Å². The number of aryl methyl sites for hydroxylation is 1. The van der Waals surface area contributed by atoms with Crippen LogP contribution in [0.15, 0.2) is 99.7 Å².